The predicted molar refractivity (Wildman–Crippen MR) is 175 cm³/mol. The number of halogens is 7. The number of hydrogen-bond acceptors (Lipinski definition) is 5. The molecule has 0 aliphatic carbocycles. The van der Waals surface area contributed by atoms with E-state index in [-0.39, 0.29) is 38.7 Å². The Morgan fingerprint density at radius 1 is 1.04 bits per heavy atom. The molecule has 49 heavy (non-hydrogen) atoms. The Labute approximate surface area is 284 Å². The second-order valence-corrected chi connectivity index (χ2v) is 18.6. The Balaban J connectivity index is 1.87. The van der Waals surface area contributed by atoms with Crippen LogP contribution in [0.25, 0.3) is 11.1 Å². The van der Waals surface area contributed by atoms with Crippen molar-refractivity contribution in [2.24, 2.45) is 11.7 Å². The molecule has 3 aromatic rings. The molecule has 0 radical (unpaired) electrons. The average Bonchev–Trinajstić information content (AvgIpc) is 2.96. The summed E-state index contributed by atoms with van der Waals surface area (Å²) in [6.07, 6.45) is -12.7. The maximum Gasteiger partial charge on any atom is 0.413 e. The minimum Gasteiger partial charge on any atom is -0.491 e. The Morgan fingerprint density at radius 3 is 2.22 bits per heavy atom. The number of fused-ring (bicyclic) bond motifs is 3. The molecule has 0 bridgehead atoms. The van der Waals surface area contributed by atoms with Gasteiger partial charge in [-0.2, -0.15) is 26.3 Å². The molecule has 266 valence electrons. The number of pyridine rings is 1. The molecule has 4 rings (SSSR count). The predicted octanol–water partition coefficient (Wildman–Crippen LogP) is 7.90. The summed E-state index contributed by atoms with van der Waals surface area (Å²) in [6, 6.07) is 8.46. The highest BCUT2D eigenvalue weighted by Gasteiger charge is 2.49. The monoisotopic (exact) mass is 731 g/mol. The zero-order valence-electron chi connectivity index (χ0n) is 27.3. The third-order valence-electron chi connectivity index (χ3n) is 8.90. The molecule has 0 saturated heterocycles. The molecule has 0 spiro atoms. The fraction of sp³-hybridized carbons (Fsp3) is 0.424. The summed E-state index contributed by atoms with van der Waals surface area (Å²) in [6.45, 7) is 7.56. The van der Waals surface area contributed by atoms with E-state index in [0.29, 0.717) is 4.57 Å². The summed E-state index contributed by atoms with van der Waals surface area (Å²) in [4.78, 5) is 39.1. The van der Waals surface area contributed by atoms with Crippen molar-refractivity contribution in [2.75, 3.05) is 11.9 Å². The molecule has 16 heteroatoms. The lowest BCUT2D eigenvalue weighted by molar-refractivity contribution is -0.202. The smallest absolute Gasteiger partial charge is 0.413 e. The van der Waals surface area contributed by atoms with Gasteiger partial charge in [-0.1, -0.05) is 38.4 Å². The molecule has 0 fully saturated rings. The van der Waals surface area contributed by atoms with Gasteiger partial charge in [-0.05, 0) is 72.1 Å². The van der Waals surface area contributed by atoms with Crippen molar-refractivity contribution in [3.05, 3.63) is 81.2 Å². The number of carbonyl (C=O) groups excluding carboxylic acids is 2. The van der Waals surface area contributed by atoms with Crippen LogP contribution in [0.2, 0.25) is 23.2 Å². The van der Waals surface area contributed by atoms with Crippen molar-refractivity contribution in [3.8, 4) is 16.9 Å². The molecule has 1 aliphatic rings. The van der Waals surface area contributed by atoms with Gasteiger partial charge in [0.05, 0.1) is 12.1 Å². The molecule has 8 nitrogen and oxygen atoms in total. The number of anilines is 1. The van der Waals surface area contributed by atoms with E-state index in [0.717, 1.165) is 12.3 Å². The number of rotatable bonds is 8. The second kappa shape index (κ2) is 13.8. The van der Waals surface area contributed by atoms with Crippen LogP contribution >= 0.6 is 11.6 Å². The minimum atomic E-state index is -4.98. The number of nitrogens with one attached hydrogen (secondary N) is 1. The zero-order valence-corrected chi connectivity index (χ0v) is 29.0. The lowest BCUT2D eigenvalue weighted by Gasteiger charge is -2.40. The van der Waals surface area contributed by atoms with Crippen LogP contribution in [0.4, 0.5) is 32.0 Å². The van der Waals surface area contributed by atoms with E-state index in [1.807, 2.05) is 0 Å². The van der Waals surface area contributed by atoms with Gasteiger partial charge >= 0.3 is 12.4 Å². The fourth-order valence-corrected chi connectivity index (χ4v) is 6.54. The first-order valence-electron chi connectivity index (χ1n) is 15.2. The second-order valence-electron chi connectivity index (χ2n) is 13.4. The molecule has 2 heterocycles. The highest BCUT2D eigenvalue weighted by molar-refractivity contribution is 6.74. The van der Waals surface area contributed by atoms with E-state index >= 15 is 0 Å². The minimum absolute atomic E-state index is 0.0606. The van der Waals surface area contributed by atoms with Crippen LogP contribution < -0.4 is 21.3 Å². The molecule has 3 atom stereocenters. The molecule has 1 aliphatic heterocycles. The summed E-state index contributed by atoms with van der Waals surface area (Å²) >= 11 is 6.17. The number of benzene rings is 2. The molecular formula is C33H36ClF6N3O5Si. The molecule has 3 N–H and O–H groups in total. The van der Waals surface area contributed by atoms with Crippen LogP contribution in [-0.4, -0.2) is 49.8 Å². The largest absolute Gasteiger partial charge is 0.491 e. The number of nitrogens with zero attached hydrogens (tertiary/aromatic N) is 1. The van der Waals surface area contributed by atoms with Gasteiger partial charge in [-0.3, -0.25) is 19.0 Å². The van der Waals surface area contributed by atoms with Crippen molar-refractivity contribution in [1.29, 1.82) is 0 Å². The highest BCUT2D eigenvalue weighted by atomic mass is 35.5. The van der Waals surface area contributed by atoms with Gasteiger partial charge in [-0.25, -0.2) is 0 Å². The quantitative estimate of drug-likeness (QED) is 0.181. The normalized spacial score (nSPS) is 16.7. The number of hydrogen-bond donors (Lipinski definition) is 2. The maximum absolute atomic E-state index is 14.6. The SMILES string of the molecule is CC(C)(C)[Si](C)(C)OC(CC(C(=O)Nc1ccc(C(N)=O)cc1)n1cc2c(cc1=O)-c1cc(Cl)ccc1C[C@@H](C(F)(F)F)CO2)C(F)(F)F. The fourth-order valence-electron chi connectivity index (χ4n) is 5.07. The molecule has 0 saturated carbocycles. The van der Waals surface area contributed by atoms with Gasteiger partial charge < -0.3 is 20.2 Å². The summed E-state index contributed by atoms with van der Waals surface area (Å²) in [7, 11) is -3.12. The molecule has 2 unspecified atom stereocenters. The first-order chi connectivity index (χ1) is 22.5. The van der Waals surface area contributed by atoms with E-state index in [1.165, 1.54) is 42.5 Å². The lowest BCUT2D eigenvalue weighted by Crippen LogP contribution is -2.49. The third kappa shape index (κ3) is 8.86. The van der Waals surface area contributed by atoms with Crippen molar-refractivity contribution in [3.63, 3.8) is 0 Å². The summed E-state index contributed by atoms with van der Waals surface area (Å²) in [5.41, 5.74) is 4.96. The number of carbonyl (C=O) groups is 2. The summed E-state index contributed by atoms with van der Waals surface area (Å²) in [5.74, 6) is -4.05. The van der Waals surface area contributed by atoms with Crippen LogP contribution in [0.15, 0.2) is 59.5 Å². The molecule has 1 aromatic heterocycles. The van der Waals surface area contributed by atoms with E-state index in [9.17, 15) is 40.7 Å². The van der Waals surface area contributed by atoms with Gasteiger partial charge in [0.15, 0.2) is 8.32 Å². The van der Waals surface area contributed by atoms with Gasteiger partial charge in [-0.15, -0.1) is 0 Å². The van der Waals surface area contributed by atoms with Crippen molar-refractivity contribution < 1.29 is 45.1 Å². The number of alkyl halides is 6. The molecule has 2 amide bonds. The Kier molecular flexibility index (Phi) is 10.7. The standard InChI is InChI=1S/C33H36ClF6N3O5Si/c1-31(2,3)49(4,5)48-27(33(38,39)40)15-25(30(46)42-22-10-7-18(8-11-22)29(41)45)43-16-26-24(14-28(43)44)23-13-21(34)9-6-19(23)12-20(17-47-26)32(35,36)37/h6-11,13-14,16,20,25,27H,12,15,17H2,1-5H3,(H2,41,45)(H,42,46)/t20-,25?,27?/m1/s1. The van der Waals surface area contributed by atoms with E-state index in [2.05, 4.69) is 5.32 Å². The first-order valence-corrected chi connectivity index (χ1v) is 18.5. The van der Waals surface area contributed by atoms with Crippen LogP contribution in [-0.2, 0) is 15.6 Å². The molecule has 2 aromatic carbocycles. The van der Waals surface area contributed by atoms with Gasteiger partial charge in [0.2, 0.25) is 11.8 Å². The van der Waals surface area contributed by atoms with E-state index in [4.69, 9.17) is 26.5 Å². The number of ether oxygens (including phenoxy) is 1. The average molecular weight is 732 g/mol. The first kappa shape index (κ1) is 38.0. The van der Waals surface area contributed by atoms with Gasteiger partial charge in [0.1, 0.15) is 24.5 Å². The lowest BCUT2D eigenvalue weighted by atomic mass is 9.91. The summed E-state index contributed by atoms with van der Waals surface area (Å²) < 4.78 is 97.9. The van der Waals surface area contributed by atoms with Crippen LogP contribution in [0.5, 0.6) is 5.75 Å². The number of amides is 2. The Hall–Kier alpha value is -3.82. The third-order valence-corrected chi connectivity index (χ3v) is 13.6. The summed E-state index contributed by atoms with van der Waals surface area (Å²) in [5, 5.41) is 1.97. The Bertz CT molecular complexity index is 1770. The van der Waals surface area contributed by atoms with E-state index < -0.39 is 80.6 Å². The van der Waals surface area contributed by atoms with Crippen LogP contribution in [0.3, 0.4) is 0 Å². The van der Waals surface area contributed by atoms with Crippen LogP contribution in [0, 0.1) is 5.92 Å². The van der Waals surface area contributed by atoms with Crippen molar-refractivity contribution >= 4 is 37.4 Å². The topological polar surface area (TPSA) is 113 Å². The number of nitrogens with two attached hydrogens (primary N) is 1. The van der Waals surface area contributed by atoms with E-state index in [1.54, 1.807) is 33.9 Å². The van der Waals surface area contributed by atoms with Crippen molar-refractivity contribution in [2.45, 2.75) is 76.2 Å². The number of aromatic nitrogens is 1. The zero-order chi connectivity index (χ0) is 36.7. The Morgan fingerprint density at radius 2 is 1.67 bits per heavy atom. The highest BCUT2D eigenvalue weighted by Crippen LogP contribution is 2.43. The van der Waals surface area contributed by atoms with Gasteiger partial charge in [0, 0.05) is 34.3 Å². The van der Waals surface area contributed by atoms with Crippen molar-refractivity contribution in [1.82, 2.24) is 4.57 Å². The maximum atomic E-state index is 14.6. The van der Waals surface area contributed by atoms with Crippen LogP contribution in [0.1, 0.15) is 49.2 Å². The van der Waals surface area contributed by atoms with Gasteiger partial charge in [0.25, 0.3) is 5.56 Å². The number of primary amides is 1. The molecular weight excluding hydrogens is 696 g/mol.